The highest BCUT2D eigenvalue weighted by Gasteiger charge is 2.38. The third-order valence-corrected chi connectivity index (χ3v) is 8.91. The summed E-state index contributed by atoms with van der Waals surface area (Å²) >= 11 is 0. The van der Waals surface area contributed by atoms with Gasteiger partial charge in [-0.3, -0.25) is 0 Å². The summed E-state index contributed by atoms with van der Waals surface area (Å²) in [7, 11) is -1.76. The van der Waals surface area contributed by atoms with E-state index in [-0.39, 0.29) is 23.1 Å². The van der Waals surface area contributed by atoms with E-state index in [1.54, 1.807) is 6.07 Å². The zero-order valence-electron chi connectivity index (χ0n) is 13.5. The third kappa shape index (κ3) is 4.02. The van der Waals surface area contributed by atoms with Gasteiger partial charge in [-0.15, -0.1) is 0 Å². The fourth-order valence-corrected chi connectivity index (χ4v) is 2.99. The SMILES string of the molecule is CC(C)(C)[Si](C)(C)OC[C@@H]1C=C[C@@H](c2cccc(F)c2)O1. The standard InChI is InChI=1S/C17H25FO2Si/c1-17(2,3)21(4,5)19-12-15-9-10-16(20-15)13-7-6-8-14(18)11-13/h6-11,15-16H,12H2,1-5H3/t15-,16-/m0/s1. The number of ether oxygens (including phenoxy) is 1. The summed E-state index contributed by atoms with van der Waals surface area (Å²) < 4.78 is 25.4. The zero-order valence-corrected chi connectivity index (χ0v) is 14.5. The highest BCUT2D eigenvalue weighted by Crippen LogP contribution is 2.37. The molecule has 2 nitrogen and oxygen atoms in total. The van der Waals surface area contributed by atoms with E-state index in [4.69, 9.17) is 9.16 Å². The lowest BCUT2D eigenvalue weighted by Crippen LogP contribution is -2.42. The van der Waals surface area contributed by atoms with Crippen LogP contribution in [-0.2, 0) is 9.16 Å². The molecular formula is C17H25FO2Si. The first kappa shape index (κ1) is 16.4. The molecule has 1 aliphatic rings. The number of hydrogen-bond acceptors (Lipinski definition) is 2. The molecule has 0 aliphatic carbocycles. The molecule has 0 aromatic heterocycles. The van der Waals surface area contributed by atoms with Crippen molar-refractivity contribution in [3.05, 3.63) is 47.8 Å². The average molecular weight is 308 g/mol. The van der Waals surface area contributed by atoms with Crippen LogP contribution < -0.4 is 0 Å². The van der Waals surface area contributed by atoms with E-state index in [1.807, 2.05) is 18.2 Å². The van der Waals surface area contributed by atoms with E-state index < -0.39 is 8.32 Å². The first-order valence-corrected chi connectivity index (χ1v) is 10.3. The topological polar surface area (TPSA) is 18.5 Å². The van der Waals surface area contributed by atoms with Gasteiger partial charge in [-0.1, -0.05) is 45.1 Å². The molecule has 0 fully saturated rings. The van der Waals surface area contributed by atoms with E-state index in [1.165, 1.54) is 12.1 Å². The van der Waals surface area contributed by atoms with Gasteiger partial charge < -0.3 is 9.16 Å². The number of hydrogen-bond donors (Lipinski definition) is 0. The summed E-state index contributed by atoms with van der Waals surface area (Å²) in [4.78, 5) is 0. The highest BCUT2D eigenvalue weighted by molar-refractivity contribution is 6.74. The van der Waals surface area contributed by atoms with Crippen LogP contribution in [-0.4, -0.2) is 21.0 Å². The first-order chi connectivity index (χ1) is 9.69. The summed E-state index contributed by atoms with van der Waals surface area (Å²) in [5, 5.41) is 0.192. The Bertz CT molecular complexity index is 520. The summed E-state index contributed by atoms with van der Waals surface area (Å²) in [5.74, 6) is -0.231. The molecule has 21 heavy (non-hydrogen) atoms. The second-order valence-electron chi connectivity index (χ2n) is 7.11. The van der Waals surface area contributed by atoms with Gasteiger partial charge in [0.2, 0.25) is 0 Å². The molecule has 116 valence electrons. The van der Waals surface area contributed by atoms with Crippen LogP contribution in [0.15, 0.2) is 36.4 Å². The lowest BCUT2D eigenvalue weighted by atomic mass is 10.1. The summed E-state index contributed by atoms with van der Waals surface area (Å²) in [6, 6.07) is 6.56. The van der Waals surface area contributed by atoms with Crippen LogP contribution in [0.3, 0.4) is 0 Å². The molecule has 0 N–H and O–H groups in total. The van der Waals surface area contributed by atoms with Gasteiger partial charge in [0.15, 0.2) is 8.32 Å². The molecule has 1 aliphatic heterocycles. The predicted molar refractivity (Wildman–Crippen MR) is 86.3 cm³/mol. The van der Waals surface area contributed by atoms with E-state index >= 15 is 0 Å². The van der Waals surface area contributed by atoms with Gasteiger partial charge in [0.05, 0.1) is 12.7 Å². The van der Waals surface area contributed by atoms with Gasteiger partial charge in [0, 0.05) is 0 Å². The fourth-order valence-electron chi connectivity index (χ4n) is 1.98. The van der Waals surface area contributed by atoms with E-state index in [0.29, 0.717) is 6.61 Å². The lowest BCUT2D eigenvalue weighted by molar-refractivity contribution is 0.0281. The Kier molecular flexibility index (Phi) is 4.71. The quantitative estimate of drug-likeness (QED) is 0.585. The Morgan fingerprint density at radius 2 is 1.95 bits per heavy atom. The molecule has 1 aromatic rings. The Balaban J connectivity index is 1.91. The second-order valence-corrected chi connectivity index (χ2v) is 11.9. The Morgan fingerprint density at radius 3 is 2.57 bits per heavy atom. The van der Waals surface area contributed by atoms with Crippen molar-refractivity contribution in [3.63, 3.8) is 0 Å². The van der Waals surface area contributed by atoms with Crippen molar-refractivity contribution in [2.75, 3.05) is 6.61 Å². The minimum Gasteiger partial charge on any atom is -0.414 e. The van der Waals surface area contributed by atoms with Gasteiger partial charge >= 0.3 is 0 Å². The minimum absolute atomic E-state index is 0.0487. The predicted octanol–water partition coefficient (Wildman–Crippen LogP) is 4.84. The molecule has 0 saturated heterocycles. The van der Waals surface area contributed by atoms with E-state index in [2.05, 4.69) is 33.9 Å². The monoisotopic (exact) mass is 308 g/mol. The van der Waals surface area contributed by atoms with Crippen molar-refractivity contribution in [3.8, 4) is 0 Å². The second kappa shape index (κ2) is 6.03. The van der Waals surface area contributed by atoms with Crippen LogP contribution in [0.1, 0.15) is 32.4 Å². The van der Waals surface area contributed by atoms with Crippen molar-refractivity contribution >= 4 is 8.32 Å². The Labute approximate surface area is 128 Å². The molecule has 0 spiro atoms. The summed E-state index contributed by atoms with van der Waals surface area (Å²) in [6.45, 7) is 11.7. The molecule has 0 saturated carbocycles. The van der Waals surface area contributed by atoms with Gasteiger partial charge in [-0.2, -0.15) is 0 Å². The van der Waals surface area contributed by atoms with Crippen molar-refractivity contribution in [2.45, 2.75) is 51.1 Å². The maximum absolute atomic E-state index is 13.3. The smallest absolute Gasteiger partial charge is 0.192 e. The van der Waals surface area contributed by atoms with Crippen molar-refractivity contribution in [1.29, 1.82) is 0 Å². The highest BCUT2D eigenvalue weighted by atomic mass is 28.4. The first-order valence-electron chi connectivity index (χ1n) is 7.42. The van der Waals surface area contributed by atoms with E-state index in [0.717, 1.165) is 5.56 Å². The van der Waals surface area contributed by atoms with Gasteiger partial charge in [-0.05, 0) is 35.8 Å². The minimum atomic E-state index is -1.76. The van der Waals surface area contributed by atoms with Crippen LogP contribution in [0.2, 0.25) is 18.1 Å². The van der Waals surface area contributed by atoms with Crippen molar-refractivity contribution in [2.24, 2.45) is 0 Å². The van der Waals surface area contributed by atoms with Crippen LogP contribution in [0.4, 0.5) is 4.39 Å². The number of benzene rings is 1. The third-order valence-electron chi connectivity index (χ3n) is 4.41. The Hall–Kier alpha value is -0.973. The summed E-state index contributed by atoms with van der Waals surface area (Å²) in [5.41, 5.74) is 0.848. The van der Waals surface area contributed by atoms with Crippen LogP contribution in [0.25, 0.3) is 0 Å². The average Bonchev–Trinajstić information content (AvgIpc) is 2.84. The molecule has 1 aromatic carbocycles. The number of halogens is 1. The molecule has 0 radical (unpaired) electrons. The maximum Gasteiger partial charge on any atom is 0.192 e. The lowest BCUT2D eigenvalue weighted by Gasteiger charge is -2.36. The Morgan fingerprint density at radius 1 is 1.24 bits per heavy atom. The molecule has 0 bridgehead atoms. The molecule has 4 heteroatoms. The molecule has 2 rings (SSSR count). The van der Waals surface area contributed by atoms with Gasteiger partial charge in [0.1, 0.15) is 11.9 Å². The molecule has 0 unspecified atom stereocenters. The molecular weight excluding hydrogens is 283 g/mol. The van der Waals surface area contributed by atoms with Crippen LogP contribution >= 0.6 is 0 Å². The molecule has 0 amide bonds. The van der Waals surface area contributed by atoms with E-state index in [9.17, 15) is 4.39 Å². The maximum atomic E-state index is 13.3. The fraction of sp³-hybridized carbons (Fsp3) is 0.529. The number of rotatable bonds is 4. The molecule has 2 atom stereocenters. The van der Waals surface area contributed by atoms with Gasteiger partial charge in [0.25, 0.3) is 0 Å². The zero-order chi connectivity index (χ0) is 15.7. The molecule has 1 heterocycles. The normalized spacial score (nSPS) is 22.8. The largest absolute Gasteiger partial charge is 0.414 e. The van der Waals surface area contributed by atoms with Crippen LogP contribution in [0, 0.1) is 5.82 Å². The van der Waals surface area contributed by atoms with Crippen molar-refractivity contribution in [1.82, 2.24) is 0 Å². The van der Waals surface area contributed by atoms with Crippen LogP contribution in [0.5, 0.6) is 0 Å². The van der Waals surface area contributed by atoms with Crippen molar-refractivity contribution < 1.29 is 13.6 Å². The van der Waals surface area contributed by atoms with Gasteiger partial charge in [-0.25, -0.2) is 4.39 Å². The summed E-state index contributed by atoms with van der Waals surface area (Å²) in [6.07, 6.45) is 3.78.